The monoisotopic (exact) mass is 579 g/mol. The molecule has 0 aromatic carbocycles. The third-order valence-corrected chi connectivity index (χ3v) is 7.05. The molecule has 0 aliphatic heterocycles. The maximum atomic E-state index is 5.37. The topological polar surface area (TPSA) is 9.72 Å². The lowest BCUT2D eigenvalue weighted by Crippen LogP contribution is -2.30. The smallest absolute Gasteiger partial charge is 0.191 e. The Labute approximate surface area is 232 Å². The summed E-state index contributed by atoms with van der Waals surface area (Å²) in [6.07, 6.45) is 10.2. The van der Waals surface area contributed by atoms with Crippen LogP contribution in [0.3, 0.4) is 0 Å². The molecule has 0 spiro atoms. The molecule has 0 aromatic rings. The van der Waals surface area contributed by atoms with Crippen molar-refractivity contribution >= 4 is 69.6 Å². The molecule has 3 nitrogen and oxygen atoms in total. The van der Waals surface area contributed by atoms with Crippen LogP contribution in [-0.4, -0.2) is 83.3 Å². The van der Waals surface area contributed by atoms with Gasteiger partial charge in [0.1, 0.15) is 0 Å². The molecular weight excluding hydrogens is 543 g/mol. The molecule has 0 amide bonds. The molecule has 1 saturated carbocycles. The lowest BCUT2D eigenvalue weighted by Gasteiger charge is -2.18. The van der Waals surface area contributed by atoms with Crippen molar-refractivity contribution in [2.24, 2.45) is 0 Å². The van der Waals surface area contributed by atoms with Crippen molar-refractivity contribution in [1.82, 2.24) is 14.7 Å². The van der Waals surface area contributed by atoms with Crippen LogP contribution in [0.25, 0.3) is 0 Å². The molecule has 192 valence electrons. The first-order valence-corrected chi connectivity index (χ1v) is 13.2. The highest BCUT2D eigenvalue weighted by atomic mass is 35.5. The summed E-state index contributed by atoms with van der Waals surface area (Å²) in [6, 6.07) is 1.70. The molecule has 0 atom stereocenters. The normalized spacial score (nSPS) is 21.7. The Kier molecular flexibility index (Phi) is 21.0. The Morgan fingerprint density at radius 1 is 0.727 bits per heavy atom. The number of hydrogen-bond acceptors (Lipinski definition) is 3. The second-order valence-electron chi connectivity index (χ2n) is 7.54. The van der Waals surface area contributed by atoms with E-state index in [1.54, 1.807) is 0 Å². The summed E-state index contributed by atoms with van der Waals surface area (Å²) in [4.78, 5) is 7.13. The van der Waals surface area contributed by atoms with Crippen LogP contribution in [0.4, 0.5) is 0 Å². The molecule has 0 radical (unpaired) electrons. The standard InChI is InChI=1S/C15H27N3.C5H10.C3Cl4.CH2Cl2/c1-7-10-16(4)13-14(17(5)11-8-2)15(13)18(6)12-9-3;1-3-5-4-2;4-1-2(5)3(1,6)7;2-1-3/h7-9,13-15H,1-3,10-12H2,4-6H3;3H,1,4-5H2,2H3;;1H2. The van der Waals surface area contributed by atoms with E-state index in [1.165, 1.54) is 6.42 Å². The molecule has 0 aromatic heterocycles. The summed E-state index contributed by atoms with van der Waals surface area (Å²) in [5, 5.41) is 0.884. The fraction of sp³-hybridized carbons (Fsp3) is 0.583. The zero-order valence-corrected chi connectivity index (χ0v) is 24.8. The maximum Gasteiger partial charge on any atom is 0.191 e. The van der Waals surface area contributed by atoms with Crippen molar-refractivity contribution in [2.45, 2.75) is 42.2 Å². The molecule has 0 heterocycles. The zero-order valence-electron chi connectivity index (χ0n) is 20.2. The second kappa shape index (κ2) is 19.5. The van der Waals surface area contributed by atoms with Crippen LogP contribution in [0.5, 0.6) is 0 Å². The Balaban J connectivity index is 0. The third kappa shape index (κ3) is 13.3. The van der Waals surface area contributed by atoms with Gasteiger partial charge in [0.15, 0.2) is 4.33 Å². The van der Waals surface area contributed by atoms with Crippen molar-refractivity contribution in [2.75, 3.05) is 46.1 Å². The van der Waals surface area contributed by atoms with E-state index in [0.717, 1.165) is 26.1 Å². The average Bonchev–Trinajstić information content (AvgIpc) is 3.61. The van der Waals surface area contributed by atoms with Crippen molar-refractivity contribution in [3.63, 3.8) is 0 Å². The Morgan fingerprint density at radius 2 is 0.970 bits per heavy atom. The number of alkyl halides is 4. The summed E-state index contributed by atoms with van der Waals surface area (Å²) in [5.74, 6) is 0. The summed E-state index contributed by atoms with van der Waals surface area (Å²) in [6.45, 7) is 20.0. The molecule has 0 bridgehead atoms. The highest BCUT2D eigenvalue weighted by Gasteiger charge is 2.55. The Bertz CT molecular complexity index is 556. The van der Waals surface area contributed by atoms with E-state index in [-0.39, 0.29) is 5.34 Å². The van der Waals surface area contributed by atoms with E-state index in [2.05, 4.69) is 69.1 Å². The summed E-state index contributed by atoms with van der Waals surface area (Å²) >= 11 is 30.9. The molecule has 2 aliphatic rings. The lowest BCUT2D eigenvalue weighted by atomic mass is 10.3. The van der Waals surface area contributed by atoms with Gasteiger partial charge in [-0.05, 0) is 27.6 Å². The fourth-order valence-corrected chi connectivity index (χ4v) is 4.10. The van der Waals surface area contributed by atoms with Gasteiger partial charge >= 0.3 is 0 Å². The molecule has 2 rings (SSSR count). The number of halogens is 6. The Morgan fingerprint density at radius 3 is 1.06 bits per heavy atom. The van der Waals surface area contributed by atoms with Gasteiger partial charge in [-0.3, -0.25) is 14.7 Å². The van der Waals surface area contributed by atoms with E-state index in [0.29, 0.717) is 28.2 Å². The van der Waals surface area contributed by atoms with E-state index >= 15 is 0 Å². The SMILES string of the molecule is C=CCCC.C=CCN(C)C1C(N(C)CC=C)C1N(C)CC=C.ClC1=C(Cl)C1(Cl)Cl.ClCCl. The van der Waals surface area contributed by atoms with E-state index < -0.39 is 4.33 Å². The van der Waals surface area contributed by atoms with Gasteiger partial charge in [-0.25, -0.2) is 0 Å². The van der Waals surface area contributed by atoms with Crippen LogP contribution < -0.4 is 0 Å². The van der Waals surface area contributed by atoms with Crippen LogP contribution in [0.2, 0.25) is 0 Å². The number of hydrogen-bond donors (Lipinski definition) is 0. The van der Waals surface area contributed by atoms with E-state index in [4.69, 9.17) is 69.6 Å². The van der Waals surface area contributed by atoms with Crippen LogP contribution >= 0.6 is 69.6 Å². The van der Waals surface area contributed by atoms with Crippen LogP contribution in [0, 0.1) is 0 Å². The molecule has 0 N–H and O–H groups in total. The molecule has 1 fully saturated rings. The average molecular weight is 582 g/mol. The molecule has 9 heteroatoms. The molecule has 0 unspecified atom stereocenters. The zero-order chi connectivity index (χ0) is 26.2. The van der Waals surface area contributed by atoms with Gasteiger partial charge in [-0.15, -0.1) is 49.5 Å². The minimum Gasteiger partial charge on any atom is -0.297 e. The van der Waals surface area contributed by atoms with Gasteiger partial charge in [0.2, 0.25) is 0 Å². The predicted molar refractivity (Wildman–Crippen MR) is 155 cm³/mol. The van der Waals surface area contributed by atoms with Gasteiger partial charge in [-0.1, -0.05) is 84.1 Å². The first-order valence-electron chi connectivity index (χ1n) is 10.6. The molecule has 33 heavy (non-hydrogen) atoms. The lowest BCUT2D eigenvalue weighted by molar-refractivity contribution is 0.281. The first-order chi connectivity index (χ1) is 15.5. The van der Waals surface area contributed by atoms with Crippen LogP contribution in [0.15, 0.2) is 60.7 Å². The van der Waals surface area contributed by atoms with Gasteiger partial charge in [0, 0.05) is 37.8 Å². The Hall–Kier alpha value is 0.320. The molecule has 2 aliphatic carbocycles. The predicted octanol–water partition coefficient (Wildman–Crippen LogP) is 7.72. The van der Waals surface area contributed by atoms with Gasteiger partial charge in [0.05, 0.1) is 15.4 Å². The minimum atomic E-state index is -1.02. The summed E-state index contributed by atoms with van der Waals surface area (Å²) in [7, 11) is 6.51. The maximum absolute atomic E-state index is 5.37. The second-order valence-corrected chi connectivity index (χ2v) is 10.4. The fourth-order valence-electron chi connectivity index (χ4n) is 3.19. The number of unbranched alkanes of at least 4 members (excludes halogenated alkanes) is 1. The molecule has 0 saturated heterocycles. The highest BCUT2D eigenvalue weighted by Crippen LogP contribution is 2.57. The molecular formula is C24H39Cl6N3. The minimum absolute atomic E-state index is 0.194. The summed E-state index contributed by atoms with van der Waals surface area (Å²) < 4.78 is -1.02. The van der Waals surface area contributed by atoms with Crippen molar-refractivity contribution in [1.29, 1.82) is 0 Å². The number of allylic oxidation sites excluding steroid dienone is 3. The largest absolute Gasteiger partial charge is 0.297 e. The van der Waals surface area contributed by atoms with E-state index in [1.807, 2.05) is 24.3 Å². The number of likely N-dealkylation sites (N-methyl/N-ethyl adjacent to an activating group) is 3. The van der Waals surface area contributed by atoms with E-state index in [9.17, 15) is 0 Å². The third-order valence-electron chi connectivity index (χ3n) is 4.86. The van der Waals surface area contributed by atoms with Gasteiger partial charge < -0.3 is 0 Å². The summed E-state index contributed by atoms with van der Waals surface area (Å²) in [5.41, 5.74) is 0. The first kappa shape index (κ1) is 35.5. The van der Waals surface area contributed by atoms with Gasteiger partial charge in [0.25, 0.3) is 0 Å². The quantitative estimate of drug-likeness (QED) is 0.183. The van der Waals surface area contributed by atoms with Crippen molar-refractivity contribution in [3.8, 4) is 0 Å². The van der Waals surface area contributed by atoms with Crippen LogP contribution in [0.1, 0.15) is 19.8 Å². The van der Waals surface area contributed by atoms with Gasteiger partial charge in [-0.2, -0.15) is 0 Å². The van der Waals surface area contributed by atoms with Crippen LogP contribution in [-0.2, 0) is 0 Å². The number of nitrogens with zero attached hydrogens (tertiary/aromatic N) is 3. The van der Waals surface area contributed by atoms with Crippen molar-refractivity contribution in [3.05, 3.63) is 60.7 Å². The highest BCUT2D eigenvalue weighted by molar-refractivity contribution is 6.69. The van der Waals surface area contributed by atoms with Crippen molar-refractivity contribution < 1.29 is 0 Å². The number of rotatable bonds is 11.